The maximum atomic E-state index is 12.3. The average Bonchev–Trinajstić information content (AvgIpc) is 3.09. The van der Waals surface area contributed by atoms with E-state index in [2.05, 4.69) is 5.32 Å². The zero-order valence-electron chi connectivity index (χ0n) is 14.5. The highest BCUT2D eigenvalue weighted by Crippen LogP contribution is 2.26. The van der Waals surface area contributed by atoms with Gasteiger partial charge in [-0.3, -0.25) is 9.69 Å². The van der Waals surface area contributed by atoms with Crippen molar-refractivity contribution >= 4 is 5.91 Å². The van der Waals surface area contributed by atoms with E-state index in [0.29, 0.717) is 18.0 Å². The van der Waals surface area contributed by atoms with Crippen LogP contribution < -0.4 is 14.8 Å². The quantitative estimate of drug-likeness (QED) is 0.804. The fraction of sp³-hybridized carbons (Fsp3) is 0.389. The van der Waals surface area contributed by atoms with Gasteiger partial charge in [0.2, 0.25) is 0 Å². The lowest BCUT2D eigenvalue weighted by molar-refractivity contribution is -0.127. The number of nitrogens with zero attached hydrogens (tertiary/aromatic N) is 1. The number of carbonyl (C=O) groups excluding carboxylic acids is 1. The number of rotatable bonds is 8. The summed E-state index contributed by atoms with van der Waals surface area (Å²) in [5.74, 6) is 1.75. The van der Waals surface area contributed by atoms with E-state index in [0.717, 1.165) is 5.76 Å². The molecule has 2 unspecified atom stereocenters. The van der Waals surface area contributed by atoms with Crippen molar-refractivity contribution in [2.24, 2.45) is 0 Å². The van der Waals surface area contributed by atoms with Crippen molar-refractivity contribution in [1.29, 1.82) is 0 Å². The molecule has 0 bridgehead atoms. The van der Waals surface area contributed by atoms with Crippen LogP contribution >= 0.6 is 0 Å². The summed E-state index contributed by atoms with van der Waals surface area (Å²) >= 11 is 0. The van der Waals surface area contributed by atoms with Gasteiger partial charge in [0.1, 0.15) is 5.76 Å². The number of para-hydroxylation sites is 2. The summed E-state index contributed by atoms with van der Waals surface area (Å²) in [6, 6.07) is 10.9. The normalized spacial score (nSPS) is 13.4. The number of hydrogen-bond acceptors (Lipinski definition) is 5. The van der Waals surface area contributed by atoms with Gasteiger partial charge in [0.05, 0.1) is 19.4 Å². The van der Waals surface area contributed by atoms with Crippen molar-refractivity contribution in [2.75, 3.05) is 27.7 Å². The Balaban J connectivity index is 1.93. The van der Waals surface area contributed by atoms with E-state index in [4.69, 9.17) is 13.9 Å². The van der Waals surface area contributed by atoms with Gasteiger partial charge in [0, 0.05) is 6.54 Å². The smallest absolute Gasteiger partial charge is 0.260 e. The van der Waals surface area contributed by atoms with E-state index in [1.165, 1.54) is 0 Å². The highest BCUT2D eigenvalue weighted by Gasteiger charge is 2.21. The van der Waals surface area contributed by atoms with Gasteiger partial charge in [0.25, 0.3) is 5.91 Å². The van der Waals surface area contributed by atoms with Crippen LogP contribution in [0.4, 0.5) is 0 Å². The first-order valence-electron chi connectivity index (χ1n) is 7.80. The Morgan fingerprint density at radius 2 is 1.92 bits per heavy atom. The Bertz CT molecular complexity index is 640. The minimum atomic E-state index is -0.638. The fourth-order valence-electron chi connectivity index (χ4n) is 2.32. The molecule has 24 heavy (non-hydrogen) atoms. The van der Waals surface area contributed by atoms with Crippen molar-refractivity contribution in [1.82, 2.24) is 10.2 Å². The number of amides is 1. The Morgan fingerprint density at radius 1 is 1.21 bits per heavy atom. The van der Waals surface area contributed by atoms with Crippen LogP contribution in [0.1, 0.15) is 18.7 Å². The second kappa shape index (κ2) is 8.40. The Hall–Kier alpha value is -2.47. The van der Waals surface area contributed by atoms with Crippen LogP contribution in [0.25, 0.3) is 0 Å². The van der Waals surface area contributed by atoms with Crippen molar-refractivity contribution in [3.05, 3.63) is 48.4 Å². The lowest BCUT2D eigenvalue weighted by Gasteiger charge is -2.23. The molecule has 2 rings (SSSR count). The number of hydrogen-bond donors (Lipinski definition) is 1. The SMILES string of the molecule is COc1ccccc1OC(C)C(=O)NCC(c1ccco1)N(C)C. The van der Waals surface area contributed by atoms with Gasteiger partial charge in [-0.2, -0.15) is 0 Å². The van der Waals surface area contributed by atoms with Crippen molar-refractivity contribution in [3.8, 4) is 11.5 Å². The van der Waals surface area contributed by atoms with Gasteiger partial charge in [-0.25, -0.2) is 0 Å². The zero-order chi connectivity index (χ0) is 17.5. The second-order valence-electron chi connectivity index (χ2n) is 5.65. The lowest BCUT2D eigenvalue weighted by atomic mass is 10.2. The van der Waals surface area contributed by atoms with E-state index < -0.39 is 6.10 Å². The number of ether oxygens (including phenoxy) is 2. The third-order valence-corrected chi connectivity index (χ3v) is 3.71. The zero-order valence-corrected chi connectivity index (χ0v) is 14.5. The molecule has 6 nitrogen and oxygen atoms in total. The summed E-state index contributed by atoms with van der Waals surface area (Å²) in [4.78, 5) is 14.3. The Morgan fingerprint density at radius 3 is 2.50 bits per heavy atom. The maximum absolute atomic E-state index is 12.3. The molecule has 0 fully saturated rings. The standard InChI is InChI=1S/C18H24N2O4/c1-13(24-17-9-6-5-8-16(17)22-4)18(21)19-12-14(20(2)3)15-10-7-11-23-15/h5-11,13-14H,12H2,1-4H3,(H,19,21). The van der Waals surface area contributed by atoms with Crippen molar-refractivity contribution in [2.45, 2.75) is 19.1 Å². The number of nitrogens with one attached hydrogen (secondary N) is 1. The maximum Gasteiger partial charge on any atom is 0.260 e. The van der Waals surface area contributed by atoms with E-state index in [-0.39, 0.29) is 11.9 Å². The van der Waals surface area contributed by atoms with E-state index in [9.17, 15) is 4.79 Å². The first kappa shape index (κ1) is 17.9. The molecule has 0 saturated carbocycles. The van der Waals surface area contributed by atoms with Crippen LogP contribution in [-0.4, -0.2) is 44.7 Å². The fourth-order valence-corrected chi connectivity index (χ4v) is 2.32. The van der Waals surface area contributed by atoms with Crippen LogP contribution in [0.2, 0.25) is 0 Å². The van der Waals surface area contributed by atoms with Gasteiger partial charge in [-0.1, -0.05) is 12.1 Å². The molecule has 1 aromatic heterocycles. The van der Waals surface area contributed by atoms with E-state index in [1.54, 1.807) is 32.4 Å². The summed E-state index contributed by atoms with van der Waals surface area (Å²) < 4.78 is 16.4. The molecule has 1 N–H and O–H groups in total. The average molecular weight is 332 g/mol. The number of furan rings is 1. The van der Waals surface area contributed by atoms with Gasteiger partial charge in [-0.15, -0.1) is 0 Å². The molecule has 0 aliphatic carbocycles. The third kappa shape index (κ3) is 4.52. The second-order valence-corrected chi connectivity index (χ2v) is 5.65. The molecule has 0 radical (unpaired) electrons. The summed E-state index contributed by atoms with van der Waals surface area (Å²) in [5.41, 5.74) is 0. The van der Waals surface area contributed by atoms with Gasteiger partial charge in [0.15, 0.2) is 17.6 Å². The topological polar surface area (TPSA) is 63.9 Å². The number of methoxy groups -OCH3 is 1. The van der Waals surface area contributed by atoms with Crippen LogP contribution in [0.3, 0.4) is 0 Å². The molecule has 0 saturated heterocycles. The molecular weight excluding hydrogens is 308 g/mol. The summed E-state index contributed by atoms with van der Waals surface area (Å²) in [5, 5.41) is 2.90. The largest absolute Gasteiger partial charge is 0.493 e. The molecule has 0 aliphatic rings. The number of likely N-dealkylation sites (N-methyl/N-ethyl adjacent to an activating group) is 1. The molecule has 1 aromatic carbocycles. The minimum absolute atomic E-state index is 0.0394. The van der Waals surface area contributed by atoms with Crippen molar-refractivity contribution < 1.29 is 18.7 Å². The van der Waals surface area contributed by atoms with Crippen LogP contribution in [0.15, 0.2) is 47.1 Å². The highest BCUT2D eigenvalue weighted by atomic mass is 16.5. The van der Waals surface area contributed by atoms with Gasteiger partial charge in [-0.05, 0) is 45.3 Å². The monoisotopic (exact) mass is 332 g/mol. The van der Waals surface area contributed by atoms with E-state index in [1.807, 2.05) is 43.3 Å². The van der Waals surface area contributed by atoms with Crippen LogP contribution in [0.5, 0.6) is 11.5 Å². The third-order valence-electron chi connectivity index (χ3n) is 3.71. The molecule has 2 atom stereocenters. The highest BCUT2D eigenvalue weighted by molar-refractivity contribution is 5.80. The number of carbonyl (C=O) groups is 1. The predicted molar refractivity (Wildman–Crippen MR) is 91.2 cm³/mol. The Labute approximate surface area is 142 Å². The first-order chi connectivity index (χ1) is 11.5. The van der Waals surface area contributed by atoms with Crippen LogP contribution in [0, 0.1) is 0 Å². The van der Waals surface area contributed by atoms with E-state index >= 15 is 0 Å². The van der Waals surface area contributed by atoms with Gasteiger partial charge < -0.3 is 19.2 Å². The van der Waals surface area contributed by atoms with Crippen LogP contribution in [-0.2, 0) is 4.79 Å². The molecular formula is C18H24N2O4. The summed E-state index contributed by atoms with van der Waals surface area (Å²) in [7, 11) is 5.44. The molecule has 1 amide bonds. The summed E-state index contributed by atoms with van der Waals surface area (Å²) in [6.45, 7) is 2.14. The first-order valence-corrected chi connectivity index (χ1v) is 7.80. The molecule has 6 heteroatoms. The molecule has 1 heterocycles. The molecule has 0 spiro atoms. The van der Waals surface area contributed by atoms with Crippen molar-refractivity contribution in [3.63, 3.8) is 0 Å². The summed E-state index contributed by atoms with van der Waals surface area (Å²) in [6.07, 6.45) is 0.988. The number of benzene rings is 1. The predicted octanol–water partition coefficient (Wildman–Crippen LogP) is 2.47. The van der Waals surface area contributed by atoms with Gasteiger partial charge >= 0.3 is 0 Å². The lowest BCUT2D eigenvalue weighted by Crippen LogP contribution is -2.40. The molecule has 130 valence electrons. The Kier molecular flexibility index (Phi) is 6.26. The molecule has 2 aromatic rings. The minimum Gasteiger partial charge on any atom is -0.493 e. The molecule has 0 aliphatic heterocycles.